The van der Waals surface area contributed by atoms with E-state index in [1.807, 2.05) is 0 Å². The predicted molar refractivity (Wildman–Crippen MR) is 144 cm³/mol. The molecule has 37 heavy (non-hydrogen) atoms. The van der Waals surface area contributed by atoms with Gasteiger partial charge in [0.15, 0.2) is 0 Å². The number of hydrogen-bond acceptors (Lipinski definition) is 7. The van der Waals surface area contributed by atoms with Gasteiger partial charge in [-0.05, 0) is 48.0 Å². The number of carboxylic acids is 1. The quantitative estimate of drug-likeness (QED) is 0.217. The van der Waals surface area contributed by atoms with Gasteiger partial charge in [-0.1, -0.05) is 58.5 Å². The Kier molecular flexibility index (Phi) is 7.93. The van der Waals surface area contributed by atoms with Gasteiger partial charge in [0, 0.05) is 0 Å². The molecule has 0 aliphatic heterocycles. The molecule has 0 bridgehead atoms. The Hall–Kier alpha value is -2.93. The van der Waals surface area contributed by atoms with Gasteiger partial charge in [-0.3, -0.25) is 9.52 Å². The van der Waals surface area contributed by atoms with Gasteiger partial charge < -0.3 is 10.4 Å². The lowest BCUT2D eigenvalue weighted by molar-refractivity contribution is -0.132. The van der Waals surface area contributed by atoms with Gasteiger partial charge in [-0.15, -0.1) is 0 Å². The molecule has 15 heteroatoms. The van der Waals surface area contributed by atoms with Crippen LogP contribution >= 0.6 is 58.1 Å². The van der Waals surface area contributed by atoms with Crippen LogP contribution in [0.5, 0.6) is 0 Å². The molecule has 1 aromatic heterocycles. The minimum Gasteiger partial charge on any atom is -0.477 e. The molecule has 0 atom stereocenters. The van der Waals surface area contributed by atoms with E-state index >= 15 is 0 Å². The van der Waals surface area contributed by atoms with Crippen molar-refractivity contribution in [3.63, 3.8) is 0 Å². The summed E-state index contributed by atoms with van der Waals surface area (Å²) in [6.45, 7) is 0. The van der Waals surface area contributed by atoms with Gasteiger partial charge in [0.25, 0.3) is 15.9 Å². The summed E-state index contributed by atoms with van der Waals surface area (Å²) < 4.78 is 36.8. The van der Waals surface area contributed by atoms with Crippen LogP contribution in [-0.2, 0) is 14.8 Å². The van der Waals surface area contributed by atoms with E-state index in [0.29, 0.717) is 11.1 Å². The van der Waals surface area contributed by atoms with E-state index < -0.39 is 27.6 Å². The van der Waals surface area contributed by atoms with E-state index in [-0.39, 0.29) is 41.8 Å². The van der Waals surface area contributed by atoms with Crippen molar-refractivity contribution < 1.29 is 23.1 Å². The molecule has 0 saturated heterocycles. The lowest BCUT2D eigenvalue weighted by Crippen LogP contribution is -2.28. The maximum atomic E-state index is 13.2. The number of halogens is 4. The monoisotopic (exact) mass is 616 g/mol. The van der Waals surface area contributed by atoms with Gasteiger partial charge in [0.1, 0.15) is 21.6 Å². The average Bonchev–Trinajstić information content (AvgIpc) is 3.31. The molecular formula is C22H12Cl4N4O5S2. The van der Waals surface area contributed by atoms with Crippen LogP contribution in [0.1, 0.15) is 15.9 Å². The van der Waals surface area contributed by atoms with E-state index in [4.69, 9.17) is 46.4 Å². The zero-order chi connectivity index (χ0) is 26.9. The fraction of sp³-hybridized carbons (Fsp3) is 0. The zero-order valence-electron chi connectivity index (χ0n) is 18.0. The molecule has 190 valence electrons. The summed E-state index contributed by atoms with van der Waals surface area (Å²) in [4.78, 5) is 24.8. The highest BCUT2D eigenvalue weighted by atomic mass is 35.5. The maximum Gasteiger partial charge on any atom is 0.352 e. The maximum absolute atomic E-state index is 13.2. The van der Waals surface area contributed by atoms with Crippen LogP contribution in [0.3, 0.4) is 0 Å². The number of aliphatic carboxylic acids is 1. The third-order valence-corrected chi connectivity index (χ3v) is 8.22. The Bertz CT molecular complexity index is 1710. The number of aromatic nitrogens is 2. The first-order valence-corrected chi connectivity index (χ1v) is 13.6. The molecule has 0 unspecified atom stereocenters. The fourth-order valence-corrected chi connectivity index (χ4v) is 5.60. The summed E-state index contributed by atoms with van der Waals surface area (Å²) in [5, 5.41) is 12.2. The number of amides is 1. The summed E-state index contributed by atoms with van der Waals surface area (Å²) in [5.41, 5.74) is -0.203. The predicted octanol–water partition coefficient (Wildman–Crippen LogP) is 5.96. The fourth-order valence-electron chi connectivity index (χ4n) is 3.13. The van der Waals surface area contributed by atoms with Crippen molar-refractivity contribution in [1.29, 1.82) is 0 Å². The average molecular weight is 618 g/mol. The van der Waals surface area contributed by atoms with Crippen molar-refractivity contribution in [3.8, 4) is 0 Å². The molecule has 0 spiro atoms. The van der Waals surface area contributed by atoms with E-state index in [0.717, 1.165) is 29.9 Å². The first-order chi connectivity index (χ1) is 17.5. The van der Waals surface area contributed by atoms with Crippen molar-refractivity contribution in [1.82, 2.24) is 14.1 Å². The number of rotatable bonds is 7. The molecular weight excluding hydrogens is 606 g/mol. The van der Waals surface area contributed by atoms with Crippen LogP contribution in [0.15, 0.2) is 59.1 Å². The first-order valence-electron chi connectivity index (χ1n) is 9.91. The minimum atomic E-state index is -4.28. The van der Waals surface area contributed by atoms with Crippen molar-refractivity contribution in [2.45, 2.75) is 4.90 Å². The smallest absolute Gasteiger partial charge is 0.352 e. The number of hydrogen-bond donors (Lipinski definition) is 3. The summed E-state index contributed by atoms with van der Waals surface area (Å²) in [6.07, 6.45) is 1.15. The Morgan fingerprint density at radius 1 is 0.919 bits per heavy atom. The first kappa shape index (κ1) is 27.1. The Labute approximate surface area is 234 Å². The minimum absolute atomic E-state index is 0.0470. The van der Waals surface area contributed by atoms with Crippen molar-refractivity contribution in [2.75, 3.05) is 4.72 Å². The molecule has 0 fully saturated rings. The van der Waals surface area contributed by atoms with Gasteiger partial charge in [-0.25, -0.2) is 13.2 Å². The molecule has 1 amide bonds. The van der Waals surface area contributed by atoms with E-state index in [9.17, 15) is 23.1 Å². The number of nitrogens with zero attached hydrogens (tertiary/aromatic N) is 2. The number of sulfonamides is 1. The van der Waals surface area contributed by atoms with Crippen LogP contribution in [0, 0.1) is 0 Å². The molecule has 0 radical (unpaired) electrons. The number of benzene rings is 3. The number of anilines is 1. The van der Waals surface area contributed by atoms with E-state index in [2.05, 4.69) is 18.8 Å². The van der Waals surface area contributed by atoms with Gasteiger partial charge in [0.2, 0.25) is 0 Å². The number of carbonyl (C=O) groups is 2. The molecule has 3 aromatic carbocycles. The molecule has 0 aliphatic carbocycles. The number of fused-ring (bicyclic) bond motifs is 1. The third-order valence-electron chi connectivity index (χ3n) is 4.82. The molecule has 3 N–H and O–H groups in total. The summed E-state index contributed by atoms with van der Waals surface area (Å²) in [5.74, 6) is -2.44. The number of carbonyl (C=O) groups excluding carboxylic acids is 1. The van der Waals surface area contributed by atoms with Gasteiger partial charge >= 0.3 is 5.97 Å². The van der Waals surface area contributed by atoms with Crippen molar-refractivity contribution >= 4 is 103 Å². The highest BCUT2D eigenvalue weighted by molar-refractivity contribution is 7.93. The van der Waals surface area contributed by atoms with Crippen LogP contribution in [0.4, 0.5) is 5.69 Å². The molecule has 4 rings (SSSR count). The lowest BCUT2D eigenvalue weighted by Gasteiger charge is -2.15. The topological polar surface area (TPSA) is 138 Å². The normalized spacial score (nSPS) is 11.9. The van der Waals surface area contributed by atoms with Crippen LogP contribution in [-0.4, -0.2) is 34.1 Å². The van der Waals surface area contributed by atoms with Crippen molar-refractivity contribution in [2.24, 2.45) is 0 Å². The van der Waals surface area contributed by atoms with Gasteiger partial charge in [-0.2, -0.15) is 8.75 Å². The zero-order valence-corrected chi connectivity index (χ0v) is 22.7. The third kappa shape index (κ3) is 5.98. The standard InChI is InChI=1S/C22H12Cl4N4O5S2/c23-12-5-4-10(6-13(12)24)7-18(22(32)33)27-21(31)11-8-14(25)15(26)9-17(11)30-37(34,35)19-3-1-2-16-20(19)29-36-28-16/h1-9,30H,(H,27,31)(H,32,33). The molecule has 0 aliphatic rings. The second-order valence-corrected chi connectivity index (χ2v) is 11.1. The Morgan fingerprint density at radius 2 is 1.62 bits per heavy atom. The summed E-state index contributed by atoms with van der Waals surface area (Å²) >= 11 is 24.9. The van der Waals surface area contributed by atoms with E-state index in [1.54, 1.807) is 6.07 Å². The second kappa shape index (κ2) is 10.8. The molecule has 4 aromatic rings. The van der Waals surface area contributed by atoms with Crippen LogP contribution < -0.4 is 10.0 Å². The molecule has 9 nitrogen and oxygen atoms in total. The highest BCUT2D eigenvalue weighted by Crippen LogP contribution is 2.32. The summed E-state index contributed by atoms with van der Waals surface area (Å²) in [7, 11) is -4.28. The van der Waals surface area contributed by atoms with Crippen LogP contribution in [0.2, 0.25) is 20.1 Å². The SMILES string of the molecule is O=C(O)C(=Cc1ccc(Cl)c(Cl)c1)NC(=O)c1cc(Cl)c(Cl)cc1NS(=O)(=O)c1cccc2nsnc12. The Balaban J connectivity index is 1.71. The lowest BCUT2D eigenvalue weighted by atomic mass is 10.1. The highest BCUT2D eigenvalue weighted by Gasteiger charge is 2.24. The second-order valence-electron chi connectivity index (χ2n) is 7.30. The van der Waals surface area contributed by atoms with Crippen LogP contribution in [0.25, 0.3) is 17.1 Å². The molecule has 0 saturated carbocycles. The Morgan fingerprint density at radius 3 is 2.32 bits per heavy atom. The largest absolute Gasteiger partial charge is 0.477 e. The van der Waals surface area contributed by atoms with E-state index in [1.165, 1.54) is 30.3 Å². The van der Waals surface area contributed by atoms with Crippen molar-refractivity contribution in [3.05, 3.63) is 85.4 Å². The number of nitrogens with one attached hydrogen (secondary N) is 2. The summed E-state index contributed by atoms with van der Waals surface area (Å²) in [6, 6.07) is 11.0. The molecule has 1 heterocycles. The number of carboxylic acid groups (broad SMARTS) is 1. The van der Waals surface area contributed by atoms with Gasteiger partial charge in [0.05, 0.1) is 43.1 Å².